The summed E-state index contributed by atoms with van der Waals surface area (Å²) in [4.78, 5) is 26.9. The summed E-state index contributed by atoms with van der Waals surface area (Å²) in [5, 5.41) is 11.6. The first-order valence-corrected chi connectivity index (χ1v) is 7.28. The third kappa shape index (κ3) is 7.61. The average molecular weight is 308 g/mol. The number of hydrogen-bond donors (Lipinski definition) is 2. The van der Waals surface area contributed by atoms with E-state index in [1.54, 1.807) is 27.0 Å². The monoisotopic (exact) mass is 308 g/mol. The van der Waals surface area contributed by atoms with E-state index in [9.17, 15) is 9.59 Å². The van der Waals surface area contributed by atoms with E-state index in [0.29, 0.717) is 12.8 Å². The van der Waals surface area contributed by atoms with Crippen molar-refractivity contribution in [2.75, 3.05) is 0 Å². The predicted molar refractivity (Wildman–Crippen MR) is 82.7 cm³/mol. The smallest absolute Gasteiger partial charge is 0.407 e. The number of ether oxygens (including phenoxy) is 1. The minimum atomic E-state index is -0.896. The second-order valence-corrected chi connectivity index (χ2v) is 6.31. The van der Waals surface area contributed by atoms with Gasteiger partial charge in [0.15, 0.2) is 0 Å². The molecule has 1 aromatic rings. The van der Waals surface area contributed by atoms with Crippen LogP contribution < -0.4 is 5.32 Å². The van der Waals surface area contributed by atoms with E-state index in [-0.39, 0.29) is 12.5 Å². The van der Waals surface area contributed by atoms with Gasteiger partial charge in [0.05, 0.1) is 0 Å². The molecular weight excluding hydrogens is 284 g/mol. The number of hydrogen-bond acceptors (Lipinski definition) is 4. The minimum Gasteiger partial charge on any atom is -0.481 e. The standard InChI is InChI=1S/C16H24N2O4/c1-11-5-6-12(17-10-11)9-13(7-8-14(19)20)18-15(21)22-16(2,3)4/h5-6,10,13H,7-9H2,1-4H3,(H,18,21)(H,19,20). The molecule has 0 aliphatic carbocycles. The molecule has 1 heterocycles. The minimum absolute atomic E-state index is 0.0215. The molecule has 122 valence electrons. The topological polar surface area (TPSA) is 88.5 Å². The van der Waals surface area contributed by atoms with Crippen LogP contribution in [0.5, 0.6) is 0 Å². The van der Waals surface area contributed by atoms with Crippen molar-refractivity contribution in [1.82, 2.24) is 10.3 Å². The summed E-state index contributed by atoms with van der Waals surface area (Å²) >= 11 is 0. The average Bonchev–Trinajstić information content (AvgIpc) is 2.36. The van der Waals surface area contributed by atoms with Crippen molar-refractivity contribution >= 4 is 12.1 Å². The lowest BCUT2D eigenvalue weighted by atomic mass is 10.1. The maximum Gasteiger partial charge on any atom is 0.407 e. The molecule has 0 aliphatic heterocycles. The first kappa shape index (κ1) is 17.9. The lowest BCUT2D eigenvalue weighted by Gasteiger charge is -2.23. The zero-order valence-electron chi connectivity index (χ0n) is 13.5. The Morgan fingerprint density at radius 3 is 2.55 bits per heavy atom. The van der Waals surface area contributed by atoms with Crippen molar-refractivity contribution in [3.63, 3.8) is 0 Å². The fraction of sp³-hybridized carbons (Fsp3) is 0.562. The van der Waals surface area contributed by atoms with Crippen LogP contribution in [0.2, 0.25) is 0 Å². The highest BCUT2D eigenvalue weighted by Gasteiger charge is 2.20. The molecule has 1 aromatic heterocycles. The summed E-state index contributed by atoms with van der Waals surface area (Å²) in [5.74, 6) is -0.896. The Morgan fingerprint density at radius 2 is 2.05 bits per heavy atom. The van der Waals surface area contributed by atoms with Crippen LogP contribution in [0.4, 0.5) is 4.79 Å². The van der Waals surface area contributed by atoms with Gasteiger partial charge in [-0.1, -0.05) is 6.07 Å². The maximum atomic E-state index is 11.9. The Hall–Kier alpha value is -2.11. The van der Waals surface area contributed by atoms with Gasteiger partial charge in [-0.25, -0.2) is 4.79 Å². The van der Waals surface area contributed by atoms with Gasteiger partial charge in [-0.3, -0.25) is 9.78 Å². The number of aromatic nitrogens is 1. The summed E-state index contributed by atoms with van der Waals surface area (Å²) in [5.41, 5.74) is 1.26. The van der Waals surface area contributed by atoms with Crippen molar-refractivity contribution in [2.24, 2.45) is 0 Å². The number of nitrogens with one attached hydrogen (secondary N) is 1. The van der Waals surface area contributed by atoms with Gasteiger partial charge in [-0.2, -0.15) is 0 Å². The van der Waals surface area contributed by atoms with E-state index in [1.807, 2.05) is 19.1 Å². The lowest BCUT2D eigenvalue weighted by molar-refractivity contribution is -0.137. The third-order valence-electron chi connectivity index (χ3n) is 2.86. The fourth-order valence-corrected chi connectivity index (χ4v) is 1.87. The van der Waals surface area contributed by atoms with Crippen LogP contribution in [0.15, 0.2) is 18.3 Å². The van der Waals surface area contributed by atoms with Gasteiger partial charge >= 0.3 is 12.1 Å². The quantitative estimate of drug-likeness (QED) is 0.843. The normalized spacial score (nSPS) is 12.5. The summed E-state index contributed by atoms with van der Waals surface area (Å²) in [6.07, 6.45) is 1.97. The van der Waals surface area contributed by atoms with Crippen LogP contribution in [-0.2, 0) is 16.0 Å². The van der Waals surface area contributed by atoms with Gasteiger partial charge < -0.3 is 15.2 Å². The molecule has 2 N–H and O–H groups in total. The van der Waals surface area contributed by atoms with Crippen molar-refractivity contribution in [2.45, 2.75) is 58.6 Å². The molecule has 0 radical (unpaired) electrons. The van der Waals surface area contributed by atoms with Gasteiger partial charge in [-0.15, -0.1) is 0 Å². The van der Waals surface area contributed by atoms with Gasteiger partial charge in [-0.05, 0) is 45.7 Å². The molecule has 0 saturated carbocycles. The molecule has 1 atom stereocenters. The summed E-state index contributed by atoms with van der Waals surface area (Å²) in [6.45, 7) is 7.28. The highest BCUT2D eigenvalue weighted by Crippen LogP contribution is 2.10. The Bertz CT molecular complexity index is 506. The fourth-order valence-electron chi connectivity index (χ4n) is 1.87. The van der Waals surface area contributed by atoms with Gasteiger partial charge in [0, 0.05) is 30.8 Å². The summed E-state index contributed by atoms with van der Waals surface area (Å²) < 4.78 is 5.21. The highest BCUT2D eigenvalue weighted by atomic mass is 16.6. The van der Waals surface area contributed by atoms with E-state index >= 15 is 0 Å². The van der Waals surface area contributed by atoms with E-state index in [2.05, 4.69) is 10.3 Å². The molecular formula is C16H24N2O4. The molecule has 1 unspecified atom stereocenters. The SMILES string of the molecule is Cc1ccc(CC(CCC(=O)O)NC(=O)OC(C)(C)C)nc1. The number of nitrogens with zero attached hydrogens (tertiary/aromatic N) is 1. The number of pyridine rings is 1. The van der Waals surface area contributed by atoms with E-state index in [0.717, 1.165) is 11.3 Å². The van der Waals surface area contributed by atoms with Crippen LogP contribution in [0.25, 0.3) is 0 Å². The molecule has 22 heavy (non-hydrogen) atoms. The number of rotatable bonds is 6. The second kappa shape index (κ2) is 7.77. The third-order valence-corrected chi connectivity index (χ3v) is 2.86. The largest absolute Gasteiger partial charge is 0.481 e. The molecule has 0 fully saturated rings. The predicted octanol–water partition coefficient (Wildman–Crippen LogP) is 2.69. The zero-order valence-corrected chi connectivity index (χ0v) is 13.5. The number of carboxylic acid groups (broad SMARTS) is 1. The first-order chi connectivity index (χ1) is 10.2. The number of aliphatic carboxylic acids is 1. The molecule has 1 amide bonds. The van der Waals surface area contributed by atoms with Gasteiger partial charge in [0.25, 0.3) is 0 Å². The molecule has 1 rings (SSSR count). The molecule has 6 heteroatoms. The van der Waals surface area contributed by atoms with Crippen molar-refractivity contribution in [3.05, 3.63) is 29.6 Å². The number of amides is 1. The van der Waals surface area contributed by atoms with Crippen LogP contribution in [-0.4, -0.2) is 33.8 Å². The van der Waals surface area contributed by atoms with Gasteiger partial charge in [0.2, 0.25) is 0 Å². The number of carbonyl (C=O) groups excluding carboxylic acids is 1. The number of carbonyl (C=O) groups is 2. The summed E-state index contributed by atoms with van der Waals surface area (Å²) in [6, 6.07) is 3.48. The van der Waals surface area contributed by atoms with Crippen molar-refractivity contribution in [3.8, 4) is 0 Å². The first-order valence-electron chi connectivity index (χ1n) is 7.28. The van der Waals surface area contributed by atoms with Crippen LogP contribution in [0, 0.1) is 6.92 Å². The maximum absolute atomic E-state index is 11.9. The Morgan fingerprint density at radius 1 is 1.36 bits per heavy atom. The molecule has 0 saturated heterocycles. The van der Waals surface area contributed by atoms with Crippen molar-refractivity contribution in [1.29, 1.82) is 0 Å². The molecule has 0 aliphatic rings. The van der Waals surface area contributed by atoms with Crippen LogP contribution in [0.1, 0.15) is 44.9 Å². The molecule has 0 aromatic carbocycles. The number of aryl methyl sites for hydroxylation is 1. The zero-order chi connectivity index (χ0) is 16.8. The van der Waals surface area contributed by atoms with E-state index in [4.69, 9.17) is 9.84 Å². The van der Waals surface area contributed by atoms with Gasteiger partial charge in [0.1, 0.15) is 5.60 Å². The summed E-state index contributed by atoms with van der Waals surface area (Å²) in [7, 11) is 0. The van der Waals surface area contributed by atoms with Crippen LogP contribution >= 0.6 is 0 Å². The Labute approximate surface area is 130 Å². The Kier molecular flexibility index (Phi) is 6.34. The van der Waals surface area contributed by atoms with Crippen LogP contribution in [0.3, 0.4) is 0 Å². The lowest BCUT2D eigenvalue weighted by Crippen LogP contribution is -2.40. The molecule has 6 nitrogen and oxygen atoms in total. The highest BCUT2D eigenvalue weighted by molar-refractivity contribution is 5.69. The number of carboxylic acids is 1. The Balaban J connectivity index is 2.68. The van der Waals surface area contributed by atoms with E-state index < -0.39 is 17.7 Å². The molecule has 0 bridgehead atoms. The van der Waals surface area contributed by atoms with E-state index in [1.165, 1.54) is 0 Å². The number of alkyl carbamates (subject to hydrolysis) is 1. The van der Waals surface area contributed by atoms with Crippen molar-refractivity contribution < 1.29 is 19.4 Å². The second-order valence-electron chi connectivity index (χ2n) is 6.31. The molecule has 0 spiro atoms.